The van der Waals surface area contributed by atoms with Gasteiger partial charge in [0.25, 0.3) is 0 Å². The SMILES string of the molecule is Cc1oc(CN2CCCC2C(C)C)cc1CNCC(C)C. The fraction of sp³-hybridized carbons (Fsp3) is 0.778. The Hall–Kier alpha value is -0.800. The first kappa shape index (κ1) is 16.6. The Morgan fingerprint density at radius 3 is 2.76 bits per heavy atom. The number of furan rings is 1. The fourth-order valence-corrected chi connectivity index (χ4v) is 3.34. The zero-order valence-corrected chi connectivity index (χ0v) is 14.4. The summed E-state index contributed by atoms with van der Waals surface area (Å²) in [6, 6.07) is 2.97. The van der Waals surface area contributed by atoms with E-state index in [0.717, 1.165) is 43.1 Å². The molecule has 1 saturated heterocycles. The van der Waals surface area contributed by atoms with Gasteiger partial charge >= 0.3 is 0 Å². The third-order valence-electron chi connectivity index (χ3n) is 4.48. The third kappa shape index (κ3) is 4.58. The Labute approximate surface area is 130 Å². The fourth-order valence-electron chi connectivity index (χ4n) is 3.34. The van der Waals surface area contributed by atoms with Crippen LogP contribution in [0.25, 0.3) is 0 Å². The maximum atomic E-state index is 5.98. The van der Waals surface area contributed by atoms with Gasteiger partial charge in [-0.3, -0.25) is 4.90 Å². The van der Waals surface area contributed by atoms with Gasteiger partial charge in [0.05, 0.1) is 6.54 Å². The van der Waals surface area contributed by atoms with E-state index >= 15 is 0 Å². The van der Waals surface area contributed by atoms with Gasteiger partial charge in [-0.25, -0.2) is 0 Å². The number of hydrogen-bond donors (Lipinski definition) is 1. The molecule has 0 aromatic carbocycles. The van der Waals surface area contributed by atoms with Crippen LogP contribution in [0.4, 0.5) is 0 Å². The molecule has 0 radical (unpaired) electrons. The highest BCUT2D eigenvalue weighted by Gasteiger charge is 2.27. The van der Waals surface area contributed by atoms with Crippen molar-refractivity contribution in [1.82, 2.24) is 10.2 Å². The van der Waals surface area contributed by atoms with E-state index in [1.54, 1.807) is 0 Å². The average molecular weight is 292 g/mol. The quantitative estimate of drug-likeness (QED) is 0.824. The smallest absolute Gasteiger partial charge is 0.118 e. The van der Waals surface area contributed by atoms with Crippen LogP contribution in [0.3, 0.4) is 0 Å². The second-order valence-electron chi connectivity index (χ2n) is 7.24. The van der Waals surface area contributed by atoms with Gasteiger partial charge in [0, 0.05) is 18.2 Å². The number of hydrogen-bond acceptors (Lipinski definition) is 3. The van der Waals surface area contributed by atoms with Crippen LogP contribution in [-0.4, -0.2) is 24.0 Å². The predicted octanol–water partition coefficient (Wildman–Crippen LogP) is 3.95. The number of aryl methyl sites for hydroxylation is 1. The van der Waals surface area contributed by atoms with E-state index in [9.17, 15) is 0 Å². The second-order valence-corrected chi connectivity index (χ2v) is 7.24. The number of likely N-dealkylation sites (tertiary alicyclic amines) is 1. The van der Waals surface area contributed by atoms with Gasteiger partial charge < -0.3 is 9.73 Å². The molecule has 1 aliphatic heterocycles. The highest BCUT2D eigenvalue weighted by molar-refractivity contribution is 5.20. The molecule has 21 heavy (non-hydrogen) atoms. The average Bonchev–Trinajstić information content (AvgIpc) is 2.97. The molecule has 0 bridgehead atoms. The second kappa shape index (κ2) is 7.46. The predicted molar refractivity (Wildman–Crippen MR) is 88.3 cm³/mol. The van der Waals surface area contributed by atoms with Crippen molar-refractivity contribution in [2.24, 2.45) is 11.8 Å². The number of nitrogens with zero attached hydrogens (tertiary/aromatic N) is 1. The lowest BCUT2D eigenvalue weighted by Gasteiger charge is -2.26. The molecule has 120 valence electrons. The van der Waals surface area contributed by atoms with Crippen LogP contribution >= 0.6 is 0 Å². The van der Waals surface area contributed by atoms with E-state index in [0.29, 0.717) is 5.92 Å². The summed E-state index contributed by atoms with van der Waals surface area (Å²) < 4.78 is 5.98. The molecule has 1 N–H and O–H groups in total. The van der Waals surface area contributed by atoms with E-state index in [4.69, 9.17) is 4.42 Å². The summed E-state index contributed by atoms with van der Waals surface area (Å²) in [5.41, 5.74) is 1.31. The van der Waals surface area contributed by atoms with Crippen LogP contribution in [0.5, 0.6) is 0 Å². The molecule has 3 nitrogen and oxygen atoms in total. The molecule has 1 aromatic heterocycles. The Morgan fingerprint density at radius 2 is 2.10 bits per heavy atom. The summed E-state index contributed by atoms with van der Waals surface area (Å²) in [6.45, 7) is 15.4. The normalized spacial score (nSPS) is 20.0. The lowest BCUT2D eigenvalue weighted by atomic mass is 10.0. The van der Waals surface area contributed by atoms with Crippen molar-refractivity contribution >= 4 is 0 Å². The van der Waals surface area contributed by atoms with E-state index in [-0.39, 0.29) is 0 Å². The van der Waals surface area contributed by atoms with E-state index in [2.05, 4.69) is 50.9 Å². The molecule has 0 amide bonds. The monoisotopic (exact) mass is 292 g/mol. The molecule has 1 aromatic rings. The van der Waals surface area contributed by atoms with E-state index < -0.39 is 0 Å². The van der Waals surface area contributed by atoms with Gasteiger partial charge in [-0.05, 0) is 50.8 Å². The van der Waals surface area contributed by atoms with Crippen LogP contribution in [0.1, 0.15) is 57.6 Å². The van der Waals surface area contributed by atoms with Gasteiger partial charge in [0.2, 0.25) is 0 Å². The van der Waals surface area contributed by atoms with Gasteiger partial charge in [-0.15, -0.1) is 0 Å². The maximum absolute atomic E-state index is 5.98. The first-order valence-corrected chi connectivity index (χ1v) is 8.50. The minimum atomic E-state index is 0.688. The summed E-state index contributed by atoms with van der Waals surface area (Å²) in [6.07, 6.45) is 2.66. The highest BCUT2D eigenvalue weighted by Crippen LogP contribution is 2.26. The third-order valence-corrected chi connectivity index (χ3v) is 4.48. The van der Waals surface area contributed by atoms with Crippen molar-refractivity contribution in [2.75, 3.05) is 13.1 Å². The Balaban J connectivity index is 1.92. The first-order chi connectivity index (χ1) is 9.97. The summed E-state index contributed by atoms with van der Waals surface area (Å²) in [5, 5.41) is 3.50. The van der Waals surface area contributed by atoms with E-state index in [1.165, 1.54) is 24.9 Å². The van der Waals surface area contributed by atoms with Crippen LogP contribution < -0.4 is 5.32 Å². The zero-order valence-electron chi connectivity index (χ0n) is 14.4. The van der Waals surface area contributed by atoms with Crippen LogP contribution in [-0.2, 0) is 13.1 Å². The molecule has 0 saturated carbocycles. The van der Waals surface area contributed by atoms with E-state index in [1.807, 2.05) is 0 Å². The van der Waals surface area contributed by atoms with Gasteiger partial charge in [0.15, 0.2) is 0 Å². The van der Waals surface area contributed by atoms with Crippen molar-refractivity contribution in [3.63, 3.8) is 0 Å². The van der Waals surface area contributed by atoms with Crippen LogP contribution in [0.15, 0.2) is 10.5 Å². The maximum Gasteiger partial charge on any atom is 0.118 e. The Kier molecular flexibility index (Phi) is 5.88. The molecule has 1 aliphatic rings. The van der Waals surface area contributed by atoms with Gasteiger partial charge in [-0.1, -0.05) is 27.7 Å². The minimum Gasteiger partial charge on any atom is -0.465 e. The van der Waals surface area contributed by atoms with Gasteiger partial charge in [-0.2, -0.15) is 0 Å². The van der Waals surface area contributed by atoms with Crippen molar-refractivity contribution in [3.8, 4) is 0 Å². The van der Waals surface area contributed by atoms with Crippen molar-refractivity contribution < 1.29 is 4.42 Å². The van der Waals surface area contributed by atoms with Crippen molar-refractivity contribution in [3.05, 3.63) is 23.2 Å². The Bertz CT molecular complexity index is 436. The van der Waals surface area contributed by atoms with Crippen molar-refractivity contribution in [2.45, 2.75) is 66.6 Å². The molecule has 0 spiro atoms. The molecule has 2 heterocycles. The largest absolute Gasteiger partial charge is 0.465 e. The summed E-state index contributed by atoms with van der Waals surface area (Å²) >= 11 is 0. The molecular weight excluding hydrogens is 260 g/mol. The van der Waals surface area contributed by atoms with Gasteiger partial charge in [0.1, 0.15) is 11.5 Å². The first-order valence-electron chi connectivity index (χ1n) is 8.50. The molecule has 2 rings (SSSR count). The molecule has 0 aliphatic carbocycles. The molecule has 3 heteroatoms. The van der Waals surface area contributed by atoms with Crippen LogP contribution in [0.2, 0.25) is 0 Å². The molecule has 1 fully saturated rings. The summed E-state index contributed by atoms with van der Waals surface area (Å²) in [7, 11) is 0. The minimum absolute atomic E-state index is 0.688. The molecule has 1 atom stereocenters. The molecular formula is C18H32N2O. The Morgan fingerprint density at radius 1 is 1.33 bits per heavy atom. The molecule has 1 unspecified atom stereocenters. The number of nitrogens with one attached hydrogen (secondary N) is 1. The summed E-state index contributed by atoms with van der Waals surface area (Å²) in [5.74, 6) is 3.62. The topological polar surface area (TPSA) is 28.4 Å². The number of rotatable bonds is 7. The lowest BCUT2D eigenvalue weighted by Crippen LogP contribution is -2.32. The summed E-state index contributed by atoms with van der Waals surface area (Å²) in [4.78, 5) is 2.59. The lowest BCUT2D eigenvalue weighted by molar-refractivity contribution is 0.184. The van der Waals surface area contributed by atoms with Crippen LogP contribution in [0, 0.1) is 18.8 Å². The highest BCUT2D eigenvalue weighted by atomic mass is 16.3. The standard InChI is InChI=1S/C18H32N2O/c1-13(2)10-19-11-16-9-17(21-15(16)5)12-20-8-6-7-18(20)14(3)4/h9,13-14,18-19H,6-8,10-12H2,1-5H3. The zero-order chi connectivity index (χ0) is 15.4. The van der Waals surface area contributed by atoms with Crippen molar-refractivity contribution in [1.29, 1.82) is 0 Å².